The number of anilines is 1. The summed E-state index contributed by atoms with van der Waals surface area (Å²) in [7, 11) is -1.49. The molecule has 2 heterocycles. The van der Waals surface area contributed by atoms with Crippen LogP contribution in [0.2, 0.25) is 0 Å². The maximum atomic E-state index is 11.9. The van der Waals surface area contributed by atoms with Gasteiger partial charge >= 0.3 is 0 Å². The van der Waals surface area contributed by atoms with Crippen LogP contribution in [0.25, 0.3) is 0 Å². The molecule has 1 aromatic heterocycles. The van der Waals surface area contributed by atoms with Crippen molar-refractivity contribution in [3.05, 3.63) is 11.3 Å². The number of aryl methyl sites for hydroxylation is 1. The van der Waals surface area contributed by atoms with E-state index in [1.165, 1.54) is 0 Å². The maximum Gasteiger partial charge on any atom is 0.233 e. The van der Waals surface area contributed by atoms with Crippen LogP contribution < -0.4 is 10.0 Å². The summed E-state index contributed by atoms with van der Waals surface area (Å²) >= 11 is 0. The van der Waals surface area contributed by atoms with Crippen molar-refractivity contribution in [1.29, 1.82) is 0 Å². The molecule has 0 saturated heterocycles. The van der Waals surface area contributed by atoms with Gasteiger partial charge in [-0.3, -0.25) is 9.40 Å². The minimum absolute atomic E-state index is 0.164. The molecule has 6 nitrogen and oxygen atoms in total. The largest absolute Gasteiger partial charge is 0.312 e. The van der Waals surface area contributed by atoms with Crippen LogP contribution >= 0.6 is 0 Å². The van der Waals surface area contributed by atoms with E-state index >= 15 is 0 Å². The molecule has 0 atom stereocenters. The van der Waals surface area contributed by atoms with E-state index in [9.17, 15) is 8.42 Å². The molecule has 0 amide bonds. The summed E-state index contributed by atoms with van der Waals surface area (Å²) in [6.07, 6.45) is 2.39. The number of sulfonamides is 1. The predicted molar refractivity (Wildman–Crippen MR) is 70.9 cm³/mol. The van der Waals surface area contributed by atoms with E-state index in [1.54, 1.807) is 11.7 Å². The Morgan fingerprint density at radius 2 is 2.28 bits per heavy atom. The van der Waals surface area contributed by atoms with Gasteiger partial charge in [0.1, 0.15) is 5.82 Å². The molecular formula is C11H20N4O2S. The fraction of sp³-hybridized carbons (Fsp3) is 0.727. The molecule has 0 spiro atoms. The first-order valence-corrected chi connectivity index (χ1v) is 7.94. The Hall–Kier alpha value is -1.08. The standard InChI is InChI=1S/C11H20N4O2S/c1-3-4-7-18(16,17)14-11-9-8-12-6-5-10(9)13-15(11)2/h12,14H,3-8H2,1-2H3. The Kier molecular flexibility index (Phi) is 3.91. The third-order valence-corrected chi connectivity index (χ3v) is 4.42. The van der Waals surface area contributed by atoms with E-state index in [-0.39, 0.29) is 5.75 Å². The van der Waals surface area contributed by atoms with Crippen molar-refractivity contribution >= 4 is 15.8 Å². The van der Waals surface area contributed by atoms with Gasteiger partial charge in [0.25, 0.3) is 0 Å². The van der Waals surface area contributed by atoms with Crippen molar-refractivity contribution in [3.63, 3.8) is 0 Å². The lowest BCUT2D eigenvalue weighted by Gasteiger charge is -2.14. The molecule has 0 bridgehead atoms. The average Bonchev–Trinajstić information content (AvgIpc) is 2.63. The molecule has 1 aromatic rings. The average molecular weight is 272 g/mol. The highest BCUT2D eigenvalue weighted by Crippen LogP contribution is 2.23. The van der Waals surface area contributed by atoms with Gasteiger partial charge in [-0.05, 0) is 6.42 Å². The number of aromatic nitrogens is 2. The van der Waals surface area contributed by atoms with Gasteiger partial charge in [0.2, 0.25) is 10.0 Å². The molecule has 0 fully saturated rings. The van der Waals surface area contributed by atoms with Gasteiger partial charge in [-0.25, -0.2) is 8.42 Å². The number of fused-ring (bicyclic) bond motifs is 1. The first kappa shape index (κ1) is 13.4. The molecule has 0 saturated carbocycles. The quantitative estimate of drug-likeness (QED) is 0.823. The van der Waals surface area contributed by atoms with Gasteiger partial charge in [-0.1, -0.05) is 13.3 Å². The van der Waals surface area contributed by atoms with E-state index < -0.39 is 10.0 Å². The molecule has 2 N–H and O–H groups in total. The normalized spacial score (nSPS) is 15.4. The second-order valence-electron chi connectivity index (χ2n) is 4.60. The minimum Gasteiger partial charge on any atom is -0.312 e. The molecule has 0 radical (unpaired) electrons. The third-order valence-electron chi connectivity index (χ3n) is 3.09. The van der Waals surface area contributed by atoms with Crippen molar-refractivity contribution < 1.29 is 8.42 Å². The molecular weight excluding hydrogens is 252 g/mol. The molecule has 7 heteroatoms. The number of rotatable bonds is 5. The van der Waals surface area contributed by atoms with Crippen molar-refractivity contribution in [3.8, 4) is 0 Å². The monoisotopic (exact) mass is 272 g/mol. The zero-order valence-electron chi connectivity index (χ0n) is 10.9. The Morgan fingerprint density at radius 3 is 3.00 bits per heavy atom. The molecule has 102 valence electrons. The number of nitrogens with one attached hydrogen (secondary N) is 2. The topological polar surface area (TPSA) is 76.0 Å². The highest BCUT2D eigenvalue weighted by molar-refractivity contribution is 7.92. The number of nitrogens with zero attached hydrogens (tertiary/aromatic N) is 2. The van der Waals surface area contributed by atoms with Gasteiger partial charge in [0, 0.05) is 32.1 Å². The number of hydrogen-bond acceptors (Lipinski definition) is 4. The highest BCUT2D eigenvalue weighted by Gasteiger charge is 2.22. The highest BCUT2D eigenvalue weighted by atomic mass is 32.2. The molecule has 2 rings (SSSR count). The van der Waals surface area contributed by atoms with Gasteiger partial charge < -0.3 is 5.32 Å². The molecule has 18 heavy (non-hydrogen) atoms. The van der Waals surface area contributed by atoms with Gasteiger partial charge in [0.15, 0.2) is 0 Å². The summed E-state index contributed by atoms with van der Waals surface area (Å²) in [4.78, 5) is 0. The second-order valence-corrected chi connectivity index (χ2v) is 6.44. The van der Waals surface area contributed by atoms with Crippen LogP contribution in [0.3, 0.4) is 0 Å². The van der Waals surface area contributed by atoms with E-state index in [1.807, 2.05) is 6.92 Å². The van der Waals surface area contributed by atoms with Crippen molar-refractivity contribution in [2.75, 3.05) is 17.0 Å². The van der Waals surface area contributed by atoms with Crippen LogP contribution in [0.1, 0.15) is 31.0 Å². The maximum absolute atomic E-state index is 11.9. The number of unbranched alkanes of at least 4 members (excludes halogenated alkanes) is 1. The predicted octanol–water partition coefficient (Wildman–Crippen LogP) is 0.608. The molecule has 1 aliphatic rings. The van der Waals surface area contributed by atoms with Crippen LogP contribution in [0.5, 0.6) is 0 Å². The third kappa shape index (κ3) is 2.84. The zero-order chi connectivity index (χ0) is 13.2. The lowest BCUT2D eigenvalue weighted by atomic mass is 10.1. The summed E-state index contributed by atoms with van der Waals surface area (Å²) in [6, 6.07) is 0. The van der Waals surface area contributed by atoms with E-state index in [0.29, 0.717) is 18.8 Å². The van der Waals surface area contributed by atoms with Crippen molar-refractivity contribution in [1.82, 2.24) is 15.1 Å². The van der Waals surface area contributed by atoms with Gasteiger partial charge in [0.05, 0.1) is 11.4 Å². The van der Waals surface area contributed by atoms with Crippen LogP contribution in [-0.4, -0.2) is 30.5 Å². The fourth-order valence-corrected chi connectivity index (χ4v) is 3.41. The van der Waals surface area contributed by atoms with E-state index in [4.69, 9.17) is 0 Å². The summed E-state index contributed by atoms with van der Waals surface area (Å²) in [5.41, 5.74) is 1.97. The number of hydrogen-bond donors (Lipinski definition) is 2. The Labute approximate surface area is 108 Å². The summed E-state index contributed by atoms with van der Waals surface area (Å²) in [6.45, 7) is 3.55. The van der Waals surface area contributed by atoms with Gasteiger partial charge in [-0.2, -0.15) is 5.10 Å². The Morgan fingerprint density at radius 1 is 1.50 bits per heavy atom. The SMILES string of the molecule is CCCCS(=O)(=O)Nc1c2c(nn1C)CCNC2. The second kappa shape index (κ2) is 5.27. The van der Waals surface area contributed by atoms with Crippen LogP contribution in [0.15, 0.2) is 0 Å². The molecule has 0 aromatic carbocycles. The zero-order valence-corrected chi connectivity index (χ0v) is 11.7. The molecule has 0 aliphatic carbocycles. The van der Waals surface area contributed by atoms with Gasteiger partial charge in [-0.15, -0.1) is 0 Å². The van der Waals surface area contributed by atoms with Crippen molar-refractivity contribution in [2.24, 2.45) is 7.05 Å². The van der Waals surface area contributed by atoms with Crippen LogP contribution in [0.4, 0.5) is 5.82 Å². The lowest BCUT2D eigenvalue weighted by Crippen LogP contribution is -2.25. The summed E-state index contributed by atoms with van der Waals surface area (Å²) in [5, 5.41) is 7.60. The smallest absolute Gasteiger partial charge is 0.233 e. The van der Waals surface area contributed by atoms with Crippen molar-refractivity contribution in [2.45, 2.75) is 32.7 Å². The van der Waals surface area contributed by atoms with Crippen LogP contribution in [0, 0.1) is 0 Å². The first-order valence-electron chi connectivity index (χ1n) is 6.29. The summed E-state index contributed by atoms with van der Waals surface area (Å²) in [5.74, 6) is 0.768. The minimum atomic E-state index is -3.26. The van der Waals surface area contributed by atoms with Crippen LogP contribution in [-0.2, 0) is 30.0 Å². The fourth-order valence-electron chi connectivity index (χ4n) is 2.09. The Balaban J connectivity index is 2.21. The summed E-state index contributed by atoms with van der Waals surface area (Å²) < 4.78 is 28.1. The van der Waals surface area contributed by atoms with E-state index in [0.717, 1.165) is 30.6 Å². The first-order chi connectivity index (χ1) is 8.53. The molecule has 1 aliphatic heterocycles. The Bertz CT molecular complexity index is 521. The van der Waals surface area contributed by atoms with E-state index in [2.05, 4.69) is 15.1 Å². The lowest BCUT2D eigenvalue weighted by molar-refractivity contribution is 0.596. The molecule has 0 unspecified atom stereocenters.